The molecule has 9 heteroatoms. The maximum atomic E-state index is 12.6. The van der Waals surface area contributed by atoms with Gasteiger partial charge in [0.05, 0.1) is 4.90 Å². The molecule has 2 aromatic carbocycles. The highest BCUT2D eigenvalue weighted by Crippen LogP contribution is 2.36. The molecule has 2 N–H and O–H groups in total. The van der Waals surface area contributed by atoms with Crippen molar-refractivity contribution in [3.05, 3.63) is 76.0 Å². The van der Waals surface area contributed by atoms with E-state index in [4.69, 9.17) is 9.47 Å². The number of thiophene rings is 1. The predicted molar refractivity (Wildman–Crippen MR) is 123 cm³/mol. The van der Waals surface area contributed by atoms with E-state index in [2.05, 4.69) is 10.0 Å². The number of carbonyl (C=O) groups excluding carboxylic acids is 1. The van der Waals surface area contributed by atoms with Crippen molar-refractivity contribution in [1.82, 2.24) is 10.0 Å². The standard InChI is InChI=1S/C23H24N2O5S2/c1-23(2,17-7-10-20-21(12-17)30-15-29-20)14-24-22(26)16-5-8-19(9-6-16)32(27,28)25-13-18-4-3-11-31-18/h3-12,25H,13-15H2,1-2H3,(H,24,26). The Morgan fingerprint density at radius 2 is 1.81 bits per heavy atom. The highest BCUT2D eigenvalue weighted by molar-refractivity contribution is 7.89. The van der Waals surface area contributed by atoms with Crippen molar-refractivity contribution in [2.24, 2.45) is 0 Å². The first-order chi connectivity index (χ1) is 15.2. The predicted octanol–water partition coefficient (Wildman–Crippen LogP) is 3.66. The SMILES string of the molecule is CC(C)(CNC(=O)c1ccc(S(=O)(=O)NCc2cccs2)cc1)c1ccc2c(c1)OCO2. The van der Waals surface area contributed by atoms with E-state index in [9.17, 15) is 13.2 Å². The molecule has 0 unspecified atom stereocenters. The Morgan fingerprint density at radius 3 is 2.53 bits per heavy atom. The quantitative estimate of drug-likeness (QED) is 0.522. The van der Waals surface area contributed by atoms with Gasteiger partial charge in [0, 0.05) is 28.9 Å². The van der Waals surface area contributed by atoms with Gasteiger partial charge in [-0.1, -0.05) is 26.0 Å². The minimum absolute atomic E-state index is 0.117. The van der Waals surface area contributed by atoms with E-state index >= 15 is 0 Å². The average molecular weight is 473 g/mol. The maximum absolute atomic E-state index is 12.6. The lowest BCUT2D eigenvalue weighted by Crippen LogP contribution is -2.36. The molecule has 0 fully saturated rings. The Bertz CT molecular complexity index is 1200. The molecule has 4 rings (SSSR count). The molecule has 168 valence electrons. The highest BCUT2D eigenvalue weighted by atomic mass is 32.2. The van der Waals surface area contributed by atoms with E-state index in [1.54, 1.807) is 0 Å². The Morgan fingerprint density at radius 1 is 1.06 bits per heavy atom. The monoisotopic (exact) mass is 472 g/mol. The Labute approximate surface area is 191 Å². The maximum Gasteiger partial charge on any atom is 0.251 e. The van der Waals surface area contributed by atoms with Crippen molar-refractivity contribution in [2.45, 2.75) is 30.7 Å². The molecule has 0 bridgehead atoms. The van der Waals surface area contributed by atoms with Crippen molar-refractivity contribution in [3.63, 3.8) is 0 Å². The van der Waals surface area contributed by atoms with Gasteiger partial charge in [-0.25, -0.2) is 13.1 Å². The second-order valence-electron chi connectivity index (χ2n) is 8.06. The third-order valence-corrected chi connectivity index (χ3v) is 7.58. The van der Waals surface area contributed by atoms with Crippen molar-refractivity contribution in [1.29, 1.82) is 0 Å². The molecule has 0 spiro atoms. The normalized spacial score (nSPS) is 13.2. The van der Waals surface area contributed by atoms with Gasteiger partial charge in [-0.15, -0.1) is 11.3 Å². The number of ether oxygens (including phenoxy) is 2. The highest BCUT2D eigenvalue weighted by Gasteiger charge is 2.25. The van der Waals surface area contributed by atoms with Gasteiger partial charge in [0.25, 0.3) is 5.91 Å². The zero-order valence-corrected chi connectivity index (χ0v) is 19.4. The van der Waals surface area contributed by atoms with Crippen LogP contribution in [0.15, 0.2) is 64.9 Å². The number of fused-ring (bicyclic) bond motifs is 1. The first-order valence-electron chi connectivity index (χ1n) is 10.1. The van der Waals surface area contributed by atoms with Crippen LogP contribution in [0.1, 0.15) is 34.6 Å². The summed E-state index contributed by atoms with van der Waals surface area (Å²) in [5.41, 5.74) is 1.06. The van der Waals surface area contributed by atoms with Gasteiger partial charge in [-0.2, -0.15) is 0 Å². The van der Waals surface area contributed by atoms with E-state index in [0.717, 1.165) is 10.4 Å². The van der Waals surface area contributed by atoms with Crippen LogP contribution >= 0.6 is 11.3 Å². The van der Waals surface area contributed by atoms with Crippen molar-refractivity contribution in [2.75, 3.05) is 13.3 Å². The summed E-state index contributed by atoms with van der Waals surface area (Å²) in [5.74, 6) is 1.15. The third kappa shape index (κ3) is 4.95. The minimum atomic E-state index is -3.65. The lowest BCUT2D eigenvalue weighted by Gasteiger charge is -2.26. The van der Waals surface area contributed by atoms with Crippen LogP contribution in [0.25, 0.3) is 0 Å². The molecular weight excluding hydrogens is 448 g/mol. The number of carbonyl (C=O) groups is 1. The molecule has 7 nitrogen and oxygen atoms in total. The fourth-order valence-electron chi connectivity index (χ4n) is 3.27. The molecule has 0 saturated heterocycles. The van der Waals surface area contributed by atoms with Gasteiger partial charge in [0.2, 0.25) is 16.8 Å². The zero-order valence-electron chi connectivity index (χ0n) is 17.8. The van der Waals surface area contributed by atoms with E-state index < -0.39 is 10.0 Å². The second kappa shape index (κ2) is 8.93. The van der Waals surface area contributed by atoms with E-state index in [1.807, 2.05) is 49.6 Å². The number of benzene rings is 2. The largest absolute Gasteiger partial charge is 0.454 e. The van der Waals surface area contributed by atoms with Crippen LogP contribution in [-0.4, -0.2) is 27.7 Å². The van der Waals surface area contributed by atoms with E-state index in [0.29, 0.717) is 23.6 Å². The summed E-state index contributed by atoms with van der Waals surface area (Å²) in [6, 6.07) is 15.4. The van der Waals surface area contributed by atoms with Crippen LogP contribution in [0.4, 0.5) is 0 Å². The first kappa shape index (κ1) is 22.3. The zero-order chi connectivity index (χ0) is 22.8. The van der Waals surface area contributed by atoms with Gasteiger partial charge >= 0.3 is 0 Å². The molecule has 1 aliphatic heterocycles. The topological polar surface area (TPSA) is 93.7 Å². The van der Waals surface area contributed by atoms with Gasteiger partial charge in [-0.3, -0.25) is 4.79 Å². The number of hydrogen-bond acceptors (Lipinski definition) is 6. The molecule has 1 amide bonds. The fraction of sp³-hybridized carbons (Fsp3) is 0.261. The molecule has 1 aromatic heterocycles. The molecule has 1 aliphatic rings. The summed E-state index contributed by atoms with van der Waals surface area (Å²) in [4.78, 5) is 13.7. The van der Waals surface area contributed by atoms with Crippen LogP contribution in [0.3, 0.4) is 0 Å². The molecule has 0 saturated carbocycles. The van der Waals surface area contributed by atoms with Gasteiger partial charge < -0.3 is 14.8 Å². The molecule has 0 radical (unpaired) electrons. The Kier molecular flexibility index (Phi) is 6.23. The molecule has 3 aromatic rings. The smallest absolute Gasteiger partial charge is 0.251 e. The third-order valence-electron chi connectivity index (χ3n) is 5.29. The number of nitrogens with one attached hydrogen (secondary N) is 2. The molecule has 0 atom stereocenters. The van der Waals surface area contributed by atoms with Gasteiger partial charge in [0.15, 0.2) is 11.5 Å². The summed E-state index contributed by atoms with van der Waals surface area (Å²) in [7, 11) is -3.65. The van der Waals surface area contributed by atoms with Crippen molar-refractivity contribution >= 4 is 27.3 Å². The number of sulfonamides is 1. The van der Waals surface area contributed by atoms with Crippen LogP contribution in [-0.2, 0) is 22.0 Å². The first-order valence-corrected chi connectivity index (χ1v) is 12.4. The fourth-order valence-corrected chi connectivity index (χ4v) is 5.01. The molecule has 32 heavy (non-hydrogen) atoms. The lowest BCUT2D eigenvalue weighted by atomic mass is 9.84. The van der Waals surface area contributed by atoms with Crippen LogP contribution in [0.2, 0.25) is 0 Å². The molecule has 0 aliphatic carbocycles. The average Bonchev–Trinajstić information content (AvgIpc) is 3.47. The lowest BCUT2D eigenvalue weighted by molar-refractivity contribution is 0.0945. The number of amides is 1. The number of hydrogen-bond donors (Lipinski definition) is 2. The summed E-state index contributed by atoms with van der Waals surface area (Å²) in [6.07, 6.45) is 0. The van der Waals surface area contributed by atoms with Crippen LogP contribution in [0, 0.1) is 0 Å². The van der Waals surface area contributed by atoms with Gasteiger partial charge in [0.1, 0.15) is 0 Å². The number of rotatable bonds is 8. The summed E-state index contributed by atoms with van der Waals surface area (Å²) >= 11 is 1.48. The van der Waals surface area contributed by atoms with Crippen LogP contribution < -0.4 is 19.5 Å². The van der Waals surface area contributed by atoms with Crippen molar-refractivity contribution in [3.8, 4) is 11.5 Å². The van der Waals surface area contributed by atoms with Gasteiger partial charge in [-0.05, 0) is 53.4 Å². The molecular formula is C23H24N2O5S2. The minimum Gasteiger partial charge on any atom is -0.454 e. The Balaban J connectivity index is 1.37. The molecule has 2 heterocycles. The summed E-state index contributed by atoms with van der Waals surface area (Å²) in [6.45, 7) is 4.90. The second-order valence-corrected chi connectivity index (χ2v) is 10.9. The summed E-state index contributed by atoms with van der Waals surface area (Å²) in [5, 5.41) is 4.83. The Hall–Kier alpha value is -2.88. The van der Waals surface area contributed by atoms with E-state index in [-0.39, 0.29) is 29.6 Å². The van der Waals surface area contributed by atoms with Crippen LogP contribution in [0.5, 0.6) is 11.5 Å². The van der Waals surface area contributed by atoms with Crippen molar-refractivity contribution < 1.29 is 22.7 Å². The van der Waals surface area contributed by atoms with E-state index in [1.165, 1.54) is 35.6 Å². The summed E-state index contributed by atoms with van der Waals surface area (Å²) < 4.78 is 38.3.